The second-order valence-electron chi connectivity index (χ2n) is 5.45. The maximum Gasteiger partial charge on any atom is 0.194 e. The zero-order valence-electron chi connectivity index (χ0n) is 13.2. The number of piperazine rings is 1. The van der Waals surface area contributed by atoms with Crippen molar-refractivity contribution in [3.8, 4) is 0 Å². The first-order valence-electron chi connectivity index (χ1n) is 7.75. The maximum absolute atomic E-state index is 12.9. The molecule has 0 aliphatic carbocycles. The minimum absolute atomic E-state index is 0.206. The molecule has 1 aromatic heterocycles. The van der Waals surface area contributed by atoms with E-state index in [1.165, 1.54) is 17.1 Å². The molecule has 1 aliphatic rings. The molecule has 1 fully saturated rings. The van der Waals surface area contributed by atoms with E-state index in [-0.39, 0.29) is 5.82 Å². The summed E-state index contributed by atoms with van der Waals surface area (Å²) >= 11 is 1.78. The van der Waals surface area contributed by atoms with Gasteiger partial charge in [-0.15, -0.1) is 11.3 Å². The van der Waals surface area contributed by atoms with E-state index in [1.54, 1.807) is 30.5 Å². The van der Waals surface area contributed by atoms with Gasteiger partial charge in [0.25, 0.3) is 0 Å². The number of nitrogens with one attached hydrogen (secondary N) is 1. The summed E-state index contributed by atoms with van der Waals surface area (Å²) in [6.07, 6.45) is 0. The van der Waals surface area contributed by atoms with E-state index in [0.717, 1.165) is 37.7 Å². The van der Waals surface area contributed by atoms with Gasteiger partial charge in [0, 0.05) is 39.8 Å². The maximum atomic E-state index is 12.9. The Balaban J connectivity index is 1.52. The molecule has 6 heteroatoms. The second-order valence-corrected chi connectivity index (χ2v) is 6.38. The first kappa shape index (κ1) is 15.8. The first-order valence-corrected chi connectivity index (χ1v) is 8.63. The molecule has 1 saturated heterocycles. The van der Waals surface area contributed by atoms with Crippen molar-refractivity contribution >= 4 is 22.3 Å². The molecule has 3 rings (SSSR count). The molecular weight excluding hydrogens is 311 g/mol. The zero-order valence-corrected chi connectivity index (χ0v) is 14.0. The van der Waals surface area contributed by atoms with Gasteiger partial charge in [0.15, 0.2) is 5.96 Å². The lowest BCUT2D eigenvalue weighted by molar-refractivity contribution is 0.373. The van der Waals surface area contributed by atoms with Gasteiger partial charge in [-0.2, -0.15) is 0 Å². The minimum Gasteiger partial charge on any atom is -0.360 e. The number of rotatable bonds is 3. The SMILES string of the molecule is CN=C(NCc1ccc(F)cc1)N1CCN(c2cccs2)CC1. The van der Waals surface area contributed by atoms with Crippen molar-refractivity contribution < 1.29 is 4.39 Å². The third kappa shape index (κ3) is 4.01. The summed E-state index contributed by atoms with van der Waals surface area (Å²) in [5, 5.41) is 6.81. The molecule has 2 aromatic rings. The Morgan fingerprint density at radius 3 is 2.52 bits per heavy atom. The summed E-state index contributed by atoms with van der Waals surface area (Å²) < 4.78 is 12.9. The van der Waals surface area contributed by atoms with Gasteiger partial charge < -0.3 is 15.1 Å². The van der Waals surface area contributed by atoms with Gasteiger partial charge in [-0.25, -0.2) is 4.39 Å². The van der Waals surface area contributed by atoms with Gasteiger partial charge in [0.1, 0.15) is 5.82 Å². The van der Waals surface area contributed by atoms with Crippen LogP contribution in [0.1, 0.15) is 5.56 Å². The summed E-state index contributed by atoms with van der Waals surface area (Å²) in [5.74, 6) is 0.697. The van der Waals surface area contributed by atoms with Crippen LogP contribution < -0.4 is 10.2 Å². The summed E-state index contributed by atoms with van der Waals surface area (Å²) in [6.45, 7) is 4.54. The highest BCUT2D eigenvalue weighted by atomic mass is 32.1. The average molecular weight is 332 g/mol. The summed E-state index contributed by atoms with van der Waals surface area (Å²) in [6, 6.07) is 10.8. The number of hydrogen-bond acceptors (Lipinski definition) is 3. The molecule has 1 N–H and O–H groups in total. The van der Waals surface area contributed by atoms with Gasteiger partial charge in [0.2, 0.25) is 0 Å². The fourth-order valence-electron chi connectivity index (χ4n) is 2.70. The van der Waals surface area contributed by atoms with E-state index < -0.39 is 0 Å². The van der Waals surface area contributed by atoms with Crippen molar-refractivity contribution in [2.24, 2.45) is 4.99 Å². The Morgan fingerprint density at radius 2 is 1.91 bits per heavy atom. The Labute approximate surface area is 140 Å². The smallest absolute Gasteiger partial charge is 0.194 e. The standard InChI is InChI=1S/C17H21FN4S/c1-19-17(20-13-14-4-6-15(18)7-5-14)22-10-8-21(9-11-22)16-3-2-12-23-16/h2-7,12H,8-11,13H2,1H3,(H,19,20). The lowest BCUT2D eigenvalue weighted by Crippen LogP contribution is -2.52. The number of thiophene rings is 1. The monoisotopic (exact) mass is 332 g/mol. The Bertz CT molecular complexity index is 631. The third-order valence-corrected chi connectivity index (χ3v) is 4.90. The van der Waals surface area contributed by atoms with Crippen LogP contribution in [0.5, 0.6) is 0 Å². The molecule has 0 spiro atoms. The van der Waals surface area contributed by atoms with Crippen molar-refractivity contribution in [2.75, 3.05) is 38.1 Å². The van der Waals surface area contributed by atoms with E-state index in [9.17, 15) is 4.39 Å². The predicted molar refractivity (Wildman–Crippen MR) is 94.7 cm³/mol. The van der Waals surface area contributed by atoms with Gasteiger partial charge in [-0.3, -0.25) is 4.99 Å². The predicted octanol–water partition coefficient (Wildman–Crippen LogP) is 2.78. The van der Waals surface area contributed by atoms with Crippen LogP contribution in [0.3, 0.4) is 0 Å². The Hall–Kier alpha value is -2.08. The van der Waals surface area contributed by atoms with E-state index >= 15 is 0 Å². The molecule has 0 unspecified atom stereocenters. The number of guanidine groups is 1. The van der Waals surface area contributed by atoms with Crippen LogP contribution in [0.15, 0.2) is 46.8 Å². The molecule has 0 saturated carbocycles. The van der Waals surface area contributed by atoms with Gasteiger partial charge in [-0.05, 0) is 35.2 Å². The highest BCUT2D eigenvalue weighted by Crippen LogP contribution is 2.22. The zero-order chi connectivity index (χ0) is 16.1. The van der Waals surface area contributed by atoms with E-state index in [4.69, 9.17) is 0 Å². The fourth-order valence-corrected chi connectivity index (χ4v) is 3.49. The fraction of sp³-hybridized carbons (Fsp3) is 0.353. The second kappa shape index (κ2) is 7.46. The number of hydrogen-bond donors (Lipinski definition) is 1. The molecule has 122 valence electrons. The number of anilines is 1. The van der Waals surface area contributed by atoms with Crippen LogP contribution in [0.25, 0.3) is 0 Å². The van der Waals surface area contributed by atoms with Gasteiger partial charge in [0.05, 0.1) is 5.00 Å². The summed E-state index contributed by atoms with van der Waals surface area (Å²) in [7, 11) is 1.80. The van der Waals surface area contributed by atoms with Crippen molar-refractivity contribution in [1.82, 2.24) is 10.2 Å². The third-order valence-electron chi connectivity index (χ3n) is 3.97. The van der Waals surface area contributed by atoms with Crippen molar-refractivity contribution in [1.29, 1.82) is 0 Å². The molecule has 0 amide bonds. The van der Waals surface area contributed by atoms with Crippen molar-refractivity contribution in [3.05, 3.63) is 53.2 Å². The number of halogens is 1. The molecule has 0 atom stereocenters. The molecule has 23 heavy (non-hydrogen) atoms. The van der Waals surface area contributed by atoms with Crippen molar-refractivity contribution in [3.63, 3.8) is 0 Å². The molecule has 0 radical (unpaired) electrons. The highest BCUT2D eigenvalue weighted by Gasteiger charge is 2.20. The van der Waals surface area contributed by atoms with E-state index in [1.807, 2.05) is 0 Å². The van der Waals surface area contributed by atoms with E-state index in [2.05, 4.69) is 37.6 Å². The van der Waals surface area contributed by atoms with Crippen LogP contribution in [0, 0.1) is 5.82 Å². The molecule has 1 aliphatic heterocycles. The Kier molecular flexibility index (Phi) is 5.12. The number of nitrogens with zero attached hydrogens (tertiary/aromatic N) is 3. The van der Waals surface area contributed by atoms with Crippen LogP contribution in [0.4, 0.5) is 9.39 Å². The Morgan fingerprint density at radius 1 is 1.17 bits per heavy atom. The lowest BCUT2D eigenvalue weighted by atomic mass is 10.2. The van der Waals surface area contributed by atoms with Gasteiger partial charge >= 0.3 is 0 Å². The van der Waals surface area contributed by atoms with Crippen LogP contribution in [0.2, 0.25) is 0 Å². The molecule has 1 aromatic carbocycles. The normalized spacial score (nSPS) is 15.8. The van der Waals surface area contributed by atoms with Gasteiger partial charge in [-0.1, -0.05) is 12.1 Å². The molecular formula is C17H21FN4S. The number of aliphatic imine (C=N–C) groups is 1. The van der Waals surface area contributed by atoms with Crippen LogP contribution >= 0.6 is 11.3 Å². The quantitative estimate of drug-likeness (QED) is 0.693. The van der Waals surface area contributed by atoms with Crippen molar-refractivity contribution in [2.45, 2.75) is 6.54 Å². The topological polar surface area (TPSA) is 30.9 Å². The van der Waals surface area contributed by atoms with Crippen LogP contribution in [-0.2, 0) is 6.54 Å². The number of benzene rings is 1. The van der Waals surface area contributed by atoms with E-state index in [0.29, 0.717) is 6.54 Å². The lowest BCUT2D eigenvalue weighted by Gasteiger charge is -2.37. The molecule has 4 nitrogen and oxygen atoms in total. The highest BCUT2D eigenvalue weighted by molar-refractivity contribution is 7.14. The largest absolute Gasteiger partial charge is 0.360 e. The van der Waals surface area contributed by atoms with Crippen LogP contribution in [-0.4, -0.2) is 44.1 Å². The minimum atomic E-state index is -0.206. The summed E-state index contributed by atoms with van der Waals surface area (Å²) in [5.41, 5.74) is 1.05. The molecule has 0 bridgehead atoms. The average Bonchev–Trinajstić information content (AvgIpc) is 3.12. The molecule has 2 heterocycles. The summed E-state index contributed by atoms with van der Waals surface area (Å²) in [4.78, 5) is 9.06. The first-order chi connectivity index (χ1) is 11.3.